The number of hydrogen-bond acceptors (Lipinski definition) is 2. The molecule has 0 amide bonds. The Bertz CT molecular complexity index is 596. The fourth-order valence-electron chi connectivity index (χ4n) is 2.88. The zero-order valence-electron chi connectivity index (χ0n) is 15.6. The van der Waals surface area contributed by atoms with Gasteiger partial charge in [0.05, 0.1) is 6.54 Å². The predicted octanol–water partition coefficient (Wildman–Crippen LogP) is 3.02. The predicted molar refractivity (Wildman–Crippen MR) is 104 cm³/mol. The standard InChI is InChI=1S/C19H31N3OS/c1-6-20-17(22-15-18(2,3)19(22,4)5)21-12-13-24(23)14-16-10-8-7-9-11-16/h7-11H,6,12-15H2,1-5H3,(H,20,21). The highest BCUT2D eigenvalue weighted by Crippen LogP contribution is 2.46. The van der Waals surface area contributed by atoms with Crippen LogP contribution in [0.4, 0.5) is 0 Å². The van der Waals surface area contributed by atoms with E-state index >= 15 is 0 Å². The topological polar surface area (TPSA) is 44.7 Å². The van der Waals surface area contributed by atoms with Gasteiger partial charge in [0.25, 0.3) is 0 Å². The molecule has 1 unspecified atom stereocenters. The van der Waals surface area contributed by atoms with Crippen LogP contribution >= 0.6 is 0 Å². The number of nitrogens with one attached hydrogen (secondary N) is 1. The maximum Gasteiger partial charge on any atom is 0.194 e. The minimum absolute atomic E-state index is 0.0805. The molecule has 2 rings (SSSR count). The lowest BCUT2D eigenvalue weighted by molar-refractivity contribution is -0.0667. The lowest BCUT2D eigenvalue weighted by Crippen LogP contribution is -2.72. The molecular weight excluding hydrogens is 318 g/mol. The third-order valence-electron chi connectivity index (χ3n) is 5.23. The number of nitrogens with zero attached hydrogens (tertiary/aromatic N) is 2. The van der Waals surface area contributed by atoms with Gasteiger partial charge < -0.3 is 10.2 Å². The van der Waals surface area contributed by atoms with Crippen LogP contribution in [-0.4, -0.2) is 46.0 Å². The van der Waals surface area contributed by atoms with E-state index in [4.69, 9.17) is 4.99 Å². The van der Waals surface area contributed by atoms with Crippen molar-refractivity contribution >= 4 is 16.8 Å². The Kier molecular flexibility index (Phi) is 6.07. The van der Waals surface area contributed by atoms with Gasteiger partial charge in [-0.05, 0) is 26.3 Å². The van der Waals surface area contributed by atoms with Crippen molar-refractivity contribution < 1.29 is 4.21 Å². The normalized spacial score (nSPS) is 20.4. The smallest absolute Gasteiger partial charge is 0.194 e. The van der Waals surface area contributed by atoms with Gasteiger partial charge in [-0.3, -0.25) is 9.20 Å². The van der Waals surface area contributed by atoms with Crippen LogP contribution in [0.15, 0.2) is 35.3 Å². The van der Waals surface area contributed by atoms with E-state index in [1.807, 2.05) is 30.3 Å². The summed E-state index contributed by atoms with van der Waals surface area (Å²) in [4.78, 5) is 7.05. The Morgan fingerprint density at radius 2 is 1.92 bits per heavy atom. The molecule has 1 aliphatic rings. The van der Waals surface area contributed by atoms with Gasteiger partial charge in [-0.1, -0.05) is 44.2 Å². The molecule has 1 atom stereocenters. The zero-order chi connectivity index (χ0) is 17.8. The van der Waals surface area contributed by atoms with Crippen LogP contribution in [0.3, 0.4) is 0 Å². The third-order valence-corrected chi connectivity index (χ3v) is 6.52. The van der Waals surface area contributed by atoms with E-state index in [9.17, 15) is 4.21 Å². The second-order valence-electron chi connectivity index (χ2n) is 7.54. The molecule has 1 aliphatic heterocycles. The highest BCUT2D eigenvalue weighted by atomic mass is 32.2. The number of aliphatic imine (C=N–C) groups is 1. The van der Waals surface area contributed by atoms with Crippen LogP contribution in [0, 0.1) is 5.41 Å². The van der Waals surface area contributed by atoms with E-state index in [0.29, 0.717) is 18.1 Å². The molecule has 5 heteroatoms. The minimum Gasteiger partial charge on any atom is -0.356 e. The molecule has 0 spiro atoms. The molecule has 4 nitrogen and oxygen atoms in total. The molecule has 1 fully saturated rings. The molecule has 1 heterocycles. The van der Waals surface area contributed by atoms with E-state index in [0.717, 1.165) is 24.6 Å². The number of benzene rings is 1. The first-order valence-corrected chi connectivity index (χ1v) is 10.2. The molecule has 1 aromatic carbocycles. The summed E-state index contributed by atoms with van der Waals surface area (Å²) in [5.74, 6) is 2.15. The minimum atomic E-state index is -0.876. The summed E-state index contributed by atoms with van der Waals surface area (Å²) in [6, 6.07) is 10.0. The molecule has 1 aromatic rings. The highest BCUT2D eigenvalue weighted by molar-refractivity contribution is 7.84. The summed E-state index contributed by atoms with van der Waals surface area (Å²) >= 11 is 0. The SMILES string of the molecule is CCNC(=NCCS(=O)Cc1ccccc1)N1CC(C)(C)C1(C)C. The van der Waals surface area contributed by atoms with Gasteiger partial charge in [0.2, 0.25) is 0 Å². The molecular formula is C19H31N3OS. The Balaban J connectivity index is 1.91. The first kappa shape index (κ1) is 19.0. The Hall–Kier alpha value is -1.36. The average molecular weight is 350 g/mol. The number of rotatable bonds is 6. The Morgan fingerprint density at radius 1 is 1.25 bits per heavy atom. The highest BCUT2D eigenvalue weighted by Gasteiger charge is 2.53. The van der Waals surface area contributed by atoms with Gasteiger partial charge in [-0.15, -0.1) is 0 Å². The van der Waals surface area contributed by atoms with Crippen molar-refractivity contribution in [1.29, 1.82) is 0 Å². The van der Waals surface area contributed by atoms with Crippen molar-refractivity contribution in [3.8, 4) is 0 Å². The van der Waals surface area contributed by atoms with E-state index in [1.165, 1.54) is 0 Å². The van der Waals surface area contributed by atoms with E-state index in [-0.39, 0.29) is 11.0 Å². The summed E-state index contributed by atoms with van der Waals surface area (Å²) in [6.07, 6.45) is 0. The van der Waals surface area contributed by atoms with Gasteiger partial charge in [0.1, 0.15) is 0 Å². The quantitative estimate of drug-likeness (QED) is 0.634. The molecule has 1 N–H and O–H groups in total. The van der Waals surface area contributed by atoms with Gasteiger partial charge in [0, 0.05) is 46.3 Å². The largest absolute Gasteiger partial charge is 0.356 e. The first-order valence-electron chi connectivity index (χ1n) is 8.73. The first-order chi connectivity index (χ1) is 11.3. The van der Waals surface area contributed by atoms with Crippen LogP contribution in [-0.2, 0) is 16.6 Å². The van der Waals surface area contributed by atoms with Crippen molar-refractivity contribution in [2.24, 2.45) is 10.4 Å². The molecule has 0 bridgehead atoms. The summed E-state index contributed by atoms with van der Waals surface area (Å²) in [7, 11) is -0.876. The summed E-state index contributed by atoms with van der Waals surface area (Å²) in [6.45, 7) is 13.6. The van der Waals surface area contributed by atoms with E-state index in [1.54, 1.807) is 0 Å². The second kappa shape index (κ2) is 7.68. The number of guanidine groups is 1. The van der Waals surface area contributed by atoms with Crippen LogP contribution in [0.1, 0.15) is 40.2 Å². The van der Waals surface area contributed by atoms with E-state index < -0.39 is 10.8 Å². The summed E-state index contributed by atoms with van der Waals surface area (Å²) < 4.78 is 12.2. The fourth-order valence-corrected chi connectivity index (χ4v) is 3.88. The lowest BCUT2D eigenvalue weighted by atomic mass is 9.65. The Morgan fingerprint density at radius 3 is 2.46 bits per heavy atom. The van der Waals surface area contributed by atoms with Gasteiger partial charge in [-0.2, -0.15) is 0 Å². The second-order valence-corrected chi connectivity index (χ2v) is 9.12. The molecule has 0 aliphatic carbocycles. The third kappa shape index (κ3) is 4.18. The van der Waals surface area contributed by atoms with Crippen LogP contribution < -0.4 is 5.32 Å². The maximum atomic E-state index is 12.2. The monoisotopic (exact) mass is 349 g/mol. The van der Waals surface area contributed by atoms with Gasteiger partial charge >= 0.3 is 0 Å². The molecule has 0 radical (unpaired) electrons. The van der Waals surface area contributed by atoms with Crippen molar-refractivity contribution in [2.45, 2.75) is 45.9 Å². The molecule has 0 saturated carbocycles. The summed E-state index contributed by atoms with van der Waals surface area (Å²) in [5, 5.41) is 3.38. The summed E-state index contributed by atoms with van der Waals surface area (Å²) in [5.41, 5.74) is 1.48. The Labute approximate surface area is 149 Å². The van der Waals surface area contributed by atoms with E-state index in [2.05, 4.69) is 44.8 Å². The van der Waals surface area contributed by atoms with Crippen LogP contribution in [0.2, 0.25) is 0 Å². The molecule has 1 saturated heterocycles. The van der Waals surface area contributed by atoms with Crippen LogP contribution in [0.25, 0.3) is 0 Å². The van der Waals surface area contributed by atoms with Crippen molar-refractivity contribution in [2.75, 3.05) is 25.4 Å². The molecule has 24 heavy (non-hydrogen) atoms. The molecule has 0 aromatic heterocycles. The van der Waals surface area contributed by atoms with Crippen LogP contribution in [0.5, 0.6) is 0 Å². The van der Waals surface area contributed by atoms with Crippen molar-refractivity contribution in [3.05, 3.63) is 35.9 Å². The molecule has 134 valence electrons. The average Bonchev–Trinajstić information content (AvgIpc) is 2.53. The fraction of sp³-hybridized carbons (Fsp3) is 0.632. The van der Waals surface area contributed by atoms with Crippen molar-refractivity contribution in [3.63, 3.8) is 0 Å². The number of hydrogen-bond donors (Lipinski definition) is 1. The zero-order valence-corrected chi connectivity index (χ0v) is 16.4. The van der Waals surface area contributed by atoms with Gasteiger partial charge in [0.15, 0.2) is 5.96 Å². The number of likely N-dealkylation sites (tertiary alicyclic amines) is 1. The lowest BCUT2D eigenvalue weighted by Gasteiger charge is -2.62. The van der Waals surface area contributed by atoms with Crippen molar-refractivity contribution in [1.82, 2.24) is 10.2 Å². The maximum absolute atomic E-state index is 12.2. The van der Waals surface area contributed by atoms with Gasteiger partial charge in [-0.25, -0.2) is 0 Å².